The van der Waals surface area contributed by atoms with E-state index in [0.717, 1.165) is 33.9 Å². The van der Waals surface area contributed by atoms with Gasteiger partial charge >= 0.3 is 0 Å². The molecule has 0 aliphatic heterocycles. The fraction of sp³-hybridized carbons (Fsp3) is 0.286. The SMILES string of the molecule is COc1cc(-c2cnc(C=O)[nH]2)c(OC)c(C)c1C. The summed E-state index contributed by atoms with van der Waals surface area (Å²) in [5.74, 6) is 1.81. The van der Waals surface area contributed by atoms with Crippen LogP contribution in [0.3, 0.4) is 0 Å². The molecule has 100 valence electrons. The van der Waals surface area contributed by atoms with Crippen LogP contribution in [0.25, 0.3) is 11.3 Å². The molecule has 19 heavy (non-hydrogen) atoms. The number of aromatic nitrogens is 2. The third-order valence-corrected chi connectivity index (χ3v) is 3.21. The molecular weight excluding hydrogens is 244 g/mol. The summed E-state index contributed by atoms with van der Waals surface area (Å²) in [5.41, 5.74) is 3.57. The molecule has 0 saturated carbocycles. The minimum Gasteiger partial charge on any atom is -0.496 e. The van der Waals surface area contributed by atoms with Crippen LogP contribution >= 0.6 is 0 Å². The van der Waals surface area contributed by atoms with Crippen LogP contribution in [0.15, 0.2) is 12.3 Å². The third kappa shape index (κ3) is 2.19. The first-order chi connectivity index (χ1) is 9.12. The van der Waals surface area contributed by atoms with E-state index in [9.17, 15) is 4.79 Å². The fourth-order valence-electron chi connectivity index (χ4n) is 2.07. The van der Waals surface area contributed by atoms with Crippen molar-refractivity contribution in [1.29, 1.82) is 0 Å². The highest BCUT2D eigenvalue weighted by atomic mass is 16.5. The molecule has 2 aromatic rings. The number of ether oxygens (including phenoxy) is 2. The standard InChI is InChI=1S/C14H16N2O3/c1-8-9(2)14(19-4)10(5-12(8)18-3)11-6-15-13(7-17)16-11/h5-7H,1-4H3,(H,15,16). The monoisotopic (exact) mass is 260 g/mol. The molecule has 1 aromatic heterocycles. The number of benzene rings is 1. The van der Waals surface area contributed by atoms with Gasteiger partial charge in [0.15, 0.2) is 12.1 Å². The molecule has 0 spiro atoms. The Morgan fingerprint density at radius 1 is 1.21 bits per heavy atom. The molecule has 1 N–H and O–H groups in total. The van der Waals surface area contributed by atoms with Crippen molar-refractivity contribution in [2.24, 2.45) is 0 Å². The van der Waals surface area contributed by atoms with Crippen molar-refractivity contribution < 1.29 is 14.3 Å². The van der Waals surface area contributed by atoms with Crippen LogP contribution in [0.1, 0.15) is 21.7 Å². The molecule has 5 heteroatoms. The van der Waals surface area contributed by atoms with E-state index in [-0.39, 0.29) is 5.82 Å². The smallest absolute Gasteiger partial charge is 0.185 e. The Bertz CT molecular complexity index is 617. The van der Waals surface area contributed by atoms with E-state index in [1.54, 1.807) is 20.4 Å². The molecule has 1 aromatic carbocycles. The lowest BCUT2D eigenvalue weighted by Crippen LogP contribution is -1.98. The largest absolute Gasteiger partial charge is 0.496 e. The zero-order valence-corrected chi connectivity index (χ0v) is 11.4. The van der Waals surface area contributed by atoms with Gasteiger partial charge in [-0.05, 0) is 31.0 Å². The molecule has 0 saturated heterocycles. The number of aldehydes is 1. The van der Waals surface area contributed by atoms with Gasteiger partial charge < -0.3 is 14.5 Å². The molecular formula is C14H16N2O3. The molecule has 5 nitrogen and oxygen atoms in total. The summed E-state index contributed by atoms with van der Waals surface area (Å²) in [6.07, 6.45) is 2.28. The number of carbonyl (C=O) groups excluding carboxylic acids is 1. The van der Waals surface area contributed by atoms with E-state index in [4.69, 9.17) is 9.47 Å². The molecule has 0 radical (unpaired) electrons. The van der Waals surface area contributed by atoms with E-state index >= 15 is 0 Å². The van der Waals surface area contributed by atoms with Gasteiger partial charge in [0, 0.05) is 5.56 Å². The lowest BCUT2D eigenvalue weighted by molar-refractivity contribution is 0.111. The number of hydrogen-bond acceptors (Lipinski definition) is 4. The quantitative estimate of drug-likeness (QED) is 0.858. The molecule has 1 heterocycles. The highest BCUT2D eigenvalue weighted by molar-refractivity contribution is 5.76. The van der Waals surface area contributed by atoms with Gasteiger partial charge in [0.05, 0.1) is 26.1 Å². The second-order valence-corrected chi connectivity index (χ2v) is 4.21. The van der Waals surface area contributed by atoms with E-state index in [1.165, 1.54) is 0 Å². The lowest BCUT2D eigenvalue weighted by atomic mass is 10.0. The second-order valence-electron chi connectivity index (χ2n) is 4.21. The van der Waals surface area contributed by atoms with Crippen LogP contribution in [0.4, 0.5) is 0 Å². The number of imidazole rings is 1. The van der Waals surface area contributed by atoms with Gasteiger partial charge in [0.1, 0.15) is 11.5 Å². The first-order valence-electron chi connectivity index (χ1n) is 5.85. The molecule has 0 fully saturated rings. The number of methoxy groups -OCH3 is 2. The predicted octanol–water partition coefficient (Wildman–Crippen LogP) is 2.52. The van der Waals surface area contributed by atoms with E-state index in [1.807, 2.05) is 19.9 Å². The highest BCUT2D eigenvalue weighted by Crippen LogP contribution is 2.38. The highest BCUT2D eigenvalue weighted by Gasteiger charge is 2.16. The Labute approximate surface area is 111 Å². The Hall–Kier alpha value is -2.30. The number of hydrogen-bond donors (Lipinski definition) is 1. The summed E-state index contributed by atoms with van der Waals surface area (Å²) in [6, 6.07) is 1.88. The second kappa shape index (κ2) is 5.14. The number of rotatable bonds is 4. The van der Waals surface area contributed by atoms with Crippen molar-refractivity contribution in [2.45, 2.75) is 13.8 Å². The summed E-state index contributed by atoms with van der Waals surface area (Å²) in [7, 11) is 3.25. The van der Waals surface area contributed by atoms with Gasteiger partial charge in [-0.25, -0.2) is 4.98 Å². The van der Waals surface area contributed by atoms with E-state index in [2.05, 4.69) is 9.97 Å². The maximum absolute atomic E-state index is 10.7. The van der Waals surface area contributed by atoms with Crippen molar-refractivity contribution >= 4 is 6.29 Å². The van der Waals surface area contributed by atoms with Crippen LogP contribution < -0.4 is 9.47 Å². The predicted molar refractivity (Wildman–Crippen MR) is 72.0 cm³/mol. The van der Waals surface area contributed by atoms with Gasteiger partial charge in [-0.1, -0.05) is 0 Å². The minimum absolute atomic E-state index is 0.286. The summed E-state index contributed by atoms with van der Waals surface area (Å²) in [5, 5.41) is 0. The third-order valence-electron chi connectivity index (χ3n) is 3.21. The maximum atomic E-state index is 10.7. The molecule has 0 atom stereocenters. The van der Waals surface area contributed by atoms with Gasteiger partial charge in [0.25, 0.3) is 0 Å². The van der Waals surface area contributed by atoms with Crippen LogP contribution in [-0.4, -0.2) is 30.5 Å². The van der Waals surface area contributed by atoms with Crippen LogP contribution in [0.5, 0.6) is 11.5 Å². The van der Waals surface area contributed by atoms with Crippen LogP contribution in [0, 0.1) is 13.8 Å². The zero-order chi connectivity index (χ0) is 14.0. The number of nitrogens with one attached hydrogen (secondary N) is 1. The van der Waals surface area contributed by atoms with E-state index < -0.39 is 0 Å². The van der Waals surface area contributed by atoms with Gasteiger partial charge in [-0.3, -0.25) is 4.79 Å². The minimum atomic E-state index is 0.286. The summed E-state index contributed by atoms with van der Waals surface area (Å²) >= 11 is 0. The average Bonchev–Trinajstić information content (AvgIpc) is 2.90. The average molecular weight is 260 g/mol. The van der Waals surface area contributed by atoms with E-state index in [0.29, 0.717) is 6.29 Å². The molecule has 0 unspecified atom stereocenters. The molecule has 0 amide bonds. The Morgan fingerprint density at radius 3 is 2.47 bits per heavy atom. The Morgan fingerprint density at radius 2 is 1.95 bits per heavy atom. The summed E-state index contributed by atoms with van der Waals surface area (Å²) in [4.78, 5) is 17.6. The van der Waals surface area contributed by atoms with Crippen molar-refractivity contribution in [3.05, 3.63) is 29.2 Å². The molecule has 0 bridgehead atoms. The van der Waals surface area contributed by atoms with Crippen LogP contribution in [-0.2, 0) is 0 Å². The van der Waals surface area contributed by atoms with Crippen molar-refractivity contribution in [2.75, 3.05) is 14.2 Å². The lowest BCUT2D eigenvalue weighted by Gasteiger charge is -2.15. The van der Waals surface area contributed by atoms with Gasteiger partial charge in [0.2, 0.25) is 0 Å². The first-order valence-corrected chi connectivity index (χ1v) is 5.85. The zero-order valence-electron chi connectivity index (χ0n) is 11.4. The summed E-state index contributed by atoms with van der Waals surface area (Å²) < 4.78 is 10.8. The number of aromatic amines is 1. The molecule has 0 aliphatic rings. The fourth-order valence-corrected chi connectivity index (χ4v) is 2.07. The summed E-state index contributed by atoms with van der Waals surface area (Å²) in [6.45, 7) is 3.95. The van der Waals surface area contributed by atoms with Crippen molar-refractivity contribution in [3.63, 3.8) is 0 Å². The Balaban J connectivity index is 2.67. The molecule has 0 aliphatic carbocycles. The van der Waals surface area contributed by atoms with Crippen LogP contribution in [0.2, 0.25) is 0 Å². The van der Waals surface area contributed by atoms with Crippen molar-refractivity contribution in [1.82, 2.24) is 9.97 Å². The number of H-pyrrole nitrogens is 1. The van der Waals surface area contributed by atoms with Gasteiger partial charge in [-0.2, -0.15) is 0 Å². The van der Waals surface area contributed by atoms with Crippen molar-refractivity contribution in [3.8, 4) is 22.8 Å². The van der Waals surface area contributed by atoms with Gasteiger partial charge in [-0.15, -0.1) is 0 Å². The molecule has 2 rings (SSSR count). The number of carbonyl (C=O) groups is 1. The topological polar surface area (TPSA) is 64.2 Å². The number of nitrogens with zero attached hydrogens (tertiary/aromatic N) is 1. The maximum Gasteiger partial charge on any atom is 0.185 e. The first kappa shape index (κ1) is 13.1. The Kier molecular flexibility index (Phi) is 3.55. The normalized spacial score (nSPS) is 10.3.